The van der Waals surface area contributed by atoms with Gasteiger partial charge in [0.1, 0.15) is 10.8 Å². The third-order valence-corrected chi connectivity index (χ3v) is 3.52. The minimum absolute atomic E-state index is 0.347. The van der Waals surface area contributed by atoms with Crippen molar-refractivity contribution in [2.45, 2.75) is 45.6 Å². The lowest BCUT2D eigenvalue weighted by molar-refractivity contribution is 0.00917. The number of hydrogen-bond donors (Lipinski definition) is 0. The highest BCUT2D eigenvalue weighted by atomic mass is 35.5. The van der Waals surface area contributed by atoms with Gasteiger partial charge in [0.25, 0.3) is 0 Å². The number of ether oxygens (including phenoxy) is 1. The molecule has 1 unspecified atom stereocenters. The molecule has 2 heterocycles. The maximum absolute atomic E-state index is 6.17. The first-order valence-corrected chi connectivity index (χ1v) is 6.12. The van der Waals surface area contributed by atoms with Crippen LogP contribution in [0.25, 0.3) is 0 Å². The average molecular weight is 241 g/mol. The highest BCUT2D eigenvalue weighted by Crippen LogP contribution is 2.34. The highest BCUT2D eigenvalue weighted by Gasteiger charge is 2.35. The van der Waals surface area contributed by atoms with Gasteiger partial charge in [-0.15, -0.1) is 0 Å². The molecule has 1 aromatic heterocycles. The summed E-state index contributed by atoms with van der Waals surface area (Å²) in [5.74, 6) is 0.727. The van der Waals surface area contributed by atoms with Crippen LogP contribution in [0.5, 0.6) is 0 Å². The second-order valence-corrected chi connectivity index (χ2v) is 4.80. The molecule has 1 aliphatic rings. The van der Waals surface area contributed by atoms with Crippen LogP contribution >= 0.6 is 11.6 Å². The Morgan fingerprint density at radius 1 is 1.44 bits per heavy atom. The first kappa shape index (κ1) is 11.8. The van der Waals surface area contributed by atoms with Crippen molar-refractivity contribution >= 4 is 11.6 Å². The summed E-state index contributed by atoms with van der Waals surface area (Å²) in [5.41, 5.74) is 1.65. The molecule has 0 bridgehead atoms. The molecule has 0 aliphatic carbocycles. The van der Waals surface area contributed by atoms with Crippen molar-refractivity contribution in [3.05, 3.63) is 22.2 Å². The van der Waals surface area contributed by atoms with Crippen LogP contribution in [0, 0.1) is 6.92 Å². The average Bonchev–Trinajstić information content (AvgIpc) is 2.66. The fraction of sp³-hybridized carbons (Fsp3) is 0.667. The number of halogens is 1. The van der Waals surface area contributed by atoms with E-state index in [1.165, 1.54) is 0 Å². The Morgan fingerprint density at radius 2 is 2.19 bits per heavy atom. The third kappa shape index (κ3) is 1.94. The predicted octanol–water partition coefficient (Wildman–Crippen LogP) is 3.03. The SMILES string of the molecule is CCc1c(C)nc(C2(C)CCCO2)nc1Cl. The Balaban J connectivity index is 2.43. The topological polar surface area (TPSA) is 35.0 Å². The van der Waals surface area contributed by atoms with Gasteiger partial charge in [-0.25, -0.2) is 9.97 Å². The molecule has 0 radical (unpaired) electrons. The van der Waals surface area contributed by atoms with Crippen LogP contribution in [0.1, 0.15) is 43.8 Å². The summed E-state index contributed by atoms with van der Waals surface area (Å²) in [4.78, 5) is 8.93. The number of rotatable bonds is 2. The first-order valence-electron chi connectivity index (χ1n) is 5.74. The minimum atomic E-state index is -0.347. The highest BCUT2D eigenvalue weighted by molar-refractivity contribution is 6.30. The third-order valence-electron chi connectivity index (χ3n) is 3.21. The zero-order chi connectivity index (χ0) is 11.8. The molecule has 0 aromatic carbocycles. The molecule has 3 nitrogen and oxygen atoms in total. The maximum Gasteiger partial charge on any atom is 0.161 e. The van der Waals surface area contributed by atoms with Crippen molar-refractivity contribution in [1.29, 1.82) is 0 Å². The number of aromatic nitrogens is 2. The standard InChI is InChI=1S/C12H17ClN2O/c1-4-9-8(2)14-11(15-10(9)13)12(3)6-5-7-16-12/h4-7H2,1-3H3. The predicted molar refractivity (Wildman–Crippen MR) is 63.7 cm³/mol. The van der Waals surface area contributed by atoms with E-state index < -0.39 is 0 Å². The quantitative estimate of drug-likeness (QED) is 0.746. The second-order valence-electron chi connectivity index (χ2n) is 4.44. The van der Waals surface area contributed by atoms with Crippen LogP contribution < -0.4 is 0 Å². The molecule has 0 saturated carbocycles. The lowest BCUT2D eigenvalue weighted by atomic mass is 10.0. The molecule has 1 fully saturated rings. The van der Waals surface area contributed by atoms with Crippen LogP contribution in [-0.2, 0) is 16.8 Å². The Kier molecular flexibility index (Phi) is 3.17. The van der Waals surface area contributed by atoms with E-state index in [4.69, 9.17) is 16.3 Å². The summed E-state index contributed by atoms with van der Waals surface area (Å²) in [6, 6.07) is 0. The van der Waals surface area contributed by atoms with E-state index in [-0.39, 0.29) is 5.60 Å². The summed E-state index contributed by atoms with van der Waals surface area (Å²) >= 11 is 6.17. The van der Waals surface area contributed by atoms with Crippen LogP contribution in [-0.4, -0.2) is 16.6 Å². The lowest BCUT2D eigenvalue weighted by Crippen LogP contribution is -2.24. The Bertz CT molecular complexity index is 377. The van der Waals surface area contributed by atoms with Gasteiger partial charge < -0.3 is 4.74 Å². The summed E-state index contributed by atoms with van der Waals surface area (Å²) in [6.07, 6.45) is 2.89. The zero-order valence-electron chi connectivity index (χ0n) is 10.0. The Labute approximate surface area is 101 Å². The van der Waals surface area contributed by atoms with Crippen LogP contribution in [0.3, 0.4) is 0 Å². The van der Waals surface area contributed by atoms with Gasteiger partial charge in [-0.1, -0.05) is 18.5 Å². The lowest BCUT2D eigenvalue weighted by Gasteiger charge is -2.22. The summed E-state index contributed by atoms with van der Waals surface area (Å²) in [5, 5.41) is 0.571. The maximum atomic E-state index is 6.17. The van der Waals surface area contributed by atoms with Gasteiger partial charge in [0.15, 0.2) is 5.82 Å². The Morgan fingerprint density at radius 3 is 2.69 bits per heavy atom. The molecule has 0 N–H and O–H groups in total. The molecular weight excluding hydrogens is 224 g/mol. The molecule has 1 saturated heterocycles. The Hall–Kier alpha value is -0.670. The van der Waals surface area contributed by atoms with E-state index in [0.717, 1.165) is 43.0 Å². The fourth-order valence-corrected chi connectivity index (χ4v) is 2.51. The number of hydrogen-bond acceptors (Lipinski definition) is 3. The minimum Gasteiger partial charge on any atom is -0.367 e. The van der Waals surface area contributed by atoms with Gasteiger partial charge in [0.05, 0.1) is 0 Å². The van der Waals surface area contributed by atoms with E-state index in [1.54, 1.807) is 0 Å². The molecule has 1 aliphatic heterocycles. The van der Waals surface area contributed by atoms with Crippen molar-refractivity contribution in [3.8, 4) is 0 Å². The summed E-state index contributed by atoms with van der Waals surface area (Å²) < 4.78 is 5.73. The normalized spacial score (nSPS) is 25.0. The van der Waals surface area contributed by atoms with Crippen molar-refractivity contribution in [3.63, 3.8) is 0 Å². The molecule has 88 valence electrons. The van der Waals surface area contributed by atoms with Gasteiger partial charge in [0, 0.05) is 17.9 Å². The summed E-state index contributed by atoms with van der Waals surface area (Å²) in [7, 11) is 0. The molecular formula is C12H17ClN2O. The monoisotopic (exact) mass is 240 g/mol. The van der Waals surface area contributed by atoms with Crippen molar-refractivity contribution in [2.75, 3.05) is 6.61 Å². The van der Waals surface area contributed by atoms with Crippen LogP contribution in [0.15, 0.2) is 0 Å². The van der Waals surface area contributed by atoms with E-state index >= 15 is 0 Å². The van der Waals surface area contributed by atoms with E-state index in [0.29, 0.717) is 5.15 Å². The molecule has 16 heavy (non-hydrogen) atoms. The van der Waals surface area contributed by atoms with Crippen molar-refractivity contribution in [1.82, 2.24) is 9.97 Å². The molecule has 1 atom stereocenters. The largest absolute Gasteiger partial charge is 0.367 e. The first-order chi connectivity index (χ1) is 7.57. The smallest absolute Gasteiger partial charge is 0.161 e. The molecule has 4 heteroatoms. The second kappa shape index (κ2) is 4.30. The van der Waals surface area contributed by atoms with Gasteiger partial charge in [-0.05, 0) is 33.1 Å². The van der Waals surface area contributed by atoms with Crippen molar-refractivity contribution < 1.29 is 4.74 Å². The van der Waals surface area contributed by atoms with Crippen LogP contribution in [0.2, 0.25) is 5.15 Å². The number of nitrogens with zero attached hydrogens (tertiary/aromatic N) is 2. The molecule has 2 rings (SSSR count). The molecule has 1 aromatic rings. The van der Waals surface area contributed by atoms with Gasteiger partial charge >= 0.3 is 0 Å². The van der Waals surface area contributed by atoms with E-state index in [1.807, 2.05) is 13.8 Å². The summed E-state index contributed by atoms with van der Waals surface area (Å²) in [6.45, 7) is 6.86. The van der Waals surface area contributed by atoms with Gasteiger partial charge in [-0.2, -0.15) is 0 Å². The fourth-order valence-electron chi connectivity index (χ4n) is 2.15. The van der Waals surface area contributed by atoms with E-state index in [9.17, 15) is 0 Å². The van der Waals surface area contributed by atoms with Crippen LogP contribution in [0.4, 0.5) is 0 Å². The van der Waals surface area contributed by atoms with E-state index in [2.05, 4.69) is 16.9 Å². The number of aryl methyl sites for hydroxylation is 1. The van der Waals surface area contributed by atoms with Crippen molar-refractivity contribution in [2.24, 2.45) is 0 Å². The van der Waals surface area contributed by atoms with Gasteiger partial charge in [0.2, 0.25) is 0 Å². The zero-order valence-corrected chi connectivity index (χ0v) is 10.8. The van der Waals surface area contributed by atoms with Gasteiger partial charge in [-0.3, -0.25) is 0 Å². The molecule has 0 spiro atoms. The molecule has 0 amide bonds.